The van der Waals surface area contributed by atoms with Crippen LogP contribution in [0.1, 0.15) is 52.7 Å². The zero-order valence-corrected chi connectivity index (χ0v) is 19.9. The van der Waals surface area contributed by atoms with Crippen molar-refractivity contribution < 1.29 is 20.1 Å². The molecule has 147 valence electrons. The van der Waals surface area contributed by atoms with Crippen molar-refractivity contribution in [3.8, 4) is 22.4 Å². The maximum atomic E-state index is 4.74. The summed E-state index contributed by atoms with van der Waals surface area (Å²) in [6.45, 7) is 14.2. The summed E-state index contributed by atoms with van der Waals surface area (Å²) < 4.78 is 0. The number of fused-ring (bicyclic) bond motifs is 1. The summed E-state index contributed by atoms with van der Waals surface area (Å²) in [6.07, 6.45) is 1.96. The summed E-state index contributed by atoms with van der Waals surface area (Å²) in [7, 11) is 0. The number of hydrogen-bond acceptors (Lipinski definition) is 1. The molecule has 2 aromatic carbocycles. The first-order valence-corrected chi connectivity index (χ1v) is 9.75. The molecule has 3 aromatic rings. The van der Waals surface area contributed by atoms with Crippen LogP contribution in [-0.2, 0) is 30.9 Å². The molecule has 1 aliphatic carbocycles. The van der Waals surface area contributed by atoms with Gasteiger partial charge in [0.05, 0.1) is 0 Å². The van der Waals surface area contributed by atoms with Crippen LogP contribution in [0.15, 0.2) is 60.8 Å². The molecule has 1 heterocycles. The number of benzene rings is 2. The maximum absolute atomic E-state index is 4.74. The Hall–Kier alpha value is -1.76. The van der Waals surface area contributed by atoms with Crippen LogP contribution in [0, 0.1) is 11.5 Å². The molecule has 0 saturated heterocycles. The molecule has 0 fully saturated rings. The van der Waals surface area contributed by atoms with Gasteiger partial charge in [-0.1, -0.05) is 84.0 Å². The van der Waals surface area contributed by atoms with Crippen molar-refractivity contribution in [1.82, 2.24) is 4.98 Å². The van der Waals surface area contributed by atoms with Crippen LogP contribution in [0.3, 0.4) is 0 Å². The molecule has 0 amide bonds. The zero-order valence-electron chi connectivity index (χ0n) is 17.6. The monoisotopic (exact) mass is 547 g/mol. The average molecular weight is 547 g/mol. The molecule has 0 spiro atoms. The fraction of sp³-hybridized carbons (Fsp3) is 0.346. The Bertz CT molecular complexity index is 983. The van der Waals surface area contributed by atoms with Gasteiger partial charge in [0.15, 0.2) is 0 Å². The van der Waals surface area contributed by atoms with Crippen LogP contribution in [0.25, 0.3) is 22.4 Å². The van der Waals surface area contributed by atoms with Crippen molar-refractivity contribution in [3.05, 3.63) is 78.0 Å². The van der Waals surface area contributed by atoms with Gasteiger partial charge in [-0.05, 0) is 33.1 Å². The van der Waals surface area contributed by atoms with Crippen molar-refractivity contribution in [2.45, 2.75) is 52.4 Å². The second-order valence-electron chi connectivity index (χ2n) is 9.35. The van der Waals surface area contributed by atoms with Crippen LogP contribution in [-0.4, -0.2) is 4.98 Å². The second kappa shape index (κ2) is 6.94. The predicted molar refractivity (Wildman–Crippen MR) is 114 cm³/mol. The smallest absolute Gasteiger partial charge is 0.0239 e. The van der Waals surface area contributed by atoms with E-state index in [-0.39, 0.29) is 36.4 Å². The molecule has 0 saturated carbocycles. The molecule has 0 bridgehead atoms. The van der Waals surface area contributed by atoms with Crippen molar-refractivity contribution in [1.29, 1.82) is 0 Å². The molecule has 0 aliphatic heterocycles. The summed E-state index contributed by atoms with van der Waals surface area (Å²) in [5, 5.41) is 0. The van der Waals surface area contributed by atoms with Crippen LogP contribution in [0.2, 0.25) is 0 Å². The molecule has 1 aromatic heterocycles. The Morgan fingerprint density at radius 3 is 2.00 bits per heavy atom. The third-order valence-corrected chi connectivity index (χ3v) is 7.57. The molecule has 0 N–H and O–H groups in total. The van der Waals surface area contributed by atoms with Gasteiger partial charge in [-0.15, -0.1) is 34.9 Å². The summed E-state index contributed by atoms with van der Waals surface area (Å²) >= 11 is 0. The molecule has 1 radical (unpaired) electrons. The van der Waals surface area contributed by atoms with E-state index in [1.165, 1.54) is 16.7 Å². The van der Waals surface area contributed by atoms with Gasteiger partial charge in [0.1, 0.15) is 0 Å². The first-order chi connectivity index (χ1) is 12.7. The van der Waals surface area contributed by atoms with Crippen molar-refractivity contribution >= 4 is 0 Å². The summed E-state index contributed by atoms with van der Waals surface area (Å²) in [6, 6.07) is 22.7. The predicted octanol–water partition coefficient (Wildman–Crippen LogP) is 6.81. The van der Waals surface area contributed by atoms with E-state index >= 15 is 0 Å². The van der Waals surface area contributed by atoms with E-state index in [4.69, 9.17) is 4.98 Å². The SMILES string of the molecule is CC1(C)c2c[c-]c(-c3ccc(-c4ccccc4)cn3)cc2C(C)(C)C1(C)C.[Ir]. The van der Waals surface area contributed by atoms with Crippen LogP contribution in [0.4, 0.5) is 0 Å². The van der Waals surface area contributed by atoms with Crippen molar-refractivity contribution in [2.24, 2.45) is 5.41 Å². The van der Waals surface area contributed by atoms with E-state index in [0.717, 1.165) is 16.8 Å². The van der Waals surface area contributed by atoms with Gasteiger partial charge in [0, 0.05) is 26.3 Å². The minimum absolute atomic E-state index is 0. The first kappa shape index (κ1) is 21.0. The van der Waals surface area contributed by atoms with E-state index in [9.17, 15) is 0 Å². The Labute approximate surface area is 183 Å². The number of hydrogen-bond donors (Lipinski definition) is 0. The Morgan fingerprint density at radius 1 is 0.750 bits per heavy atom. The van der Waals surface area contributed by atoms with Crippen LogP contribution >= 0.6 is 0 Å². The van der Waals surface area contributed by atoms with Gasteiger partial charge in [0.2, 0.25) is 0 Å². The summed E-state index contributed by atoms with van der Waals surface area (Å²) in [5.74, 6) is 0. The van der Waals surface area contributed by atoms with E-state index < -0.39 is 0 Å². The van der Waals surface area contributed by atoms with Crippen LogP contribution < -0.4 is 0 Å². The van der Waals surface area contributed by atoms with Gasteiger partial charge in [-0.25, -0.2) is 0 Å². The zero-order chi connectivity index (χ0) is 19.4. The maximum Gasteiger partial charge on any atom is 0.0239 e. The third kappa shape index (κ3) is 2.90. The van der Waals surface area contributed by atoms with E-state index in [2.05, 4.69) is 96.1 Å². The Morgan fingerprint density at radius 2 is 1.39 bits per heavy atom. The third-order valence-electron chi connectivity index (χ3n) is 7.57. The first-order valence-electron chi connectivity index (χ1n) is 9.75. The molecule has 2 heteroatoms. The molecule has 4 rings (SSSR count). The fourth-order valence-electron chi connectivity index (χ4n) is 4.48. The minimum atomic E-state index is 0. The summed E-state index contributed by atoms with van der Waals surface area (Å²) in [5.41, 5.74) is 7.63. The number of rotatable bonds is 2. The minimum Gasteiger partial charge on any atom is -0.304 e. The average Bonchev–Trinajstić information content (AvgIpc) is 2.77. The Kier molecular flexibility index (Phi) is 5.19. The van der Waals surface area contributed by atoms with Gasteiger partial charge in [-0.2, -0.15) is 0 Å². The van der Waals surface area contributed by atoms with Crippen LogP contribution in [0.5, 0.6) is 0 Å². The second-order valence-corrected chi connectivity index (χ2v) is 9.35. The molecular formula is C26H28IrN-. The quantitative estimate of drug-likeness (QED) is 0.322. The topological polar surface area (TPSA) is 12.9 Å². The number of nitrogens with zero attached hydrogens (tertiary/aromatic N) is 1. The number of aromatic nitrogens is 1. The molecular weight excluding hydrogens is 519 g/mol. The van der Waals surface area contributed by atoms with E-state index in [0.29, 0.717) is 0 Å². The normalized spacial score (nSPS) is 18.2. The molecule has 28 heavy (non-hydrogen) atoms. The standard InChI is InChI=1S/C26H28N.Ir/c1-24(2)21-14-12-19(16-22(21)25(3,4)26(24,5)6)23-15-13-20(17-27-23)18-10-8-7-9-11-18;/h7-11,13-17H,1-6H3;/q-1;. The molecule has 0 unspecified atom stereocenters. The molecule has 0 atom stereocenters. The number of pyridine rings is 1. The van der Waals surface area contributed by atoms with Gasteiger partial charge < -0.3 is 4.98 Å². The molecule has 1 nitrogen and oxygen atoms in total. The van der Waals surface area contributed by atoms with E-state index in [1.807, 2.05) is 12.3 Å². The Balaban J connectivity index is 0.00000225. The fourth-order valence-corrected chi connectivity index (χ4v) is 4.48. The van der Waals surface area contributed by atoms with Gasteiger partial charge in [0.25, 0.3) is 0 Å². The summed E-state index contributed by atoms with van der Waals surface area (Å²) in [4.78, 5) is 4.74. The van der Waals surface area contributed by atoms with Gasteiger partial charge >= 0.3 is 0 Å². The van der Waals surface area contributed by atoms with E-state index in [1.54, 1.807) is 0 Å². The van der Waals surface area contributed by atoms with Gasteiger partial charge in [-0.3, -0.25) is 0 Å². The molecule has 1 aliphatic rings. The van der Waals surface area contributed by atoms with Crippen molar-refractivity contribution in [2.75, 3.05) is 0 Å². The largest absolute Gasteiger partial charge is 0.304 e. The van der Waals surface area contributed by atoms with Crippen molar-refractivity contribution in [3.63, 3.8) is 0 Å².